The maximum Gasteiger partial charge on any atom is 0.123 e. The van der Waals surface area contributed by atoms with E-state index in [1.165, 1.54) is 11.6 Å². The number of ether oxygens (including phenoxy) is 2. The Morgan fingerprint density at radius 2 is 1.87 bits per heavy atom. The molecule has 2 aromatic rings. The van der Waals surface area contributed by atoms with Gasteiger partial charge in [-0.3, -0.25) is 0 Å². The quantitative estimate of drug-likeness (QED) is 0.844. The molecule has 0 unspecified atom stereocenters. The summed E-state index contributed by atoms with van der Waals surface area (Å²) >= 11 is 0. The monoisotopic (exact) mass is 315 g/mol. The average Bonchev–Trinajstić information content (AvgIpc) is 3.35. The van der Waals surface area contributed by atoms with Gasteiger partial charge in [-0.2, -0.15) is 0 Å². The fraction of sp³-hybridized carbons (Fsp3) is 0.368. The van der Waals surface area contributed by atoms with Crippen molar-refractivity contribution in [1.29, 1.82) is 0 Å². The third-order valence-corrected chi connectivity index (χ3v) is 4.41. The van der Waals surface area contributed by atoms with Crippen LogP contribution in [0.4, 0.5) is 4.39 Å². The normalized spacial score (nSPS) is 19.4. The first-order valence-electron chi connectivity index (χ1n) is 7.88. The van der Waals surface area contributed by atoms with Gasteiger partial charge in [0, 0.05) is 12.1 Å². The first-order valence-corrected chi connectivity index (χ1v) is 7.88. The molecule has 1 aliphatic carbocycles. The fourth-order valence-corrected chi connectivity index (χ4v) is 2.99. The van der Waals surface area contributed by atoms with Gasteiger partial charge in [-0.05, 0) is 60.7 Å². The summed E-state index contributed by atoms with van der Waals surface area (Å²) in [6.07, 6.45) is 1.08. The molecule has 1 aliphatic rings. The Kier molecular flexibility index (Phi) is 4.82. The van der Waals surface area contributed by atoms with Gasteiger partial charge in [0.25, 0.3) is 0 Å². The summed E-state index contributed by atoms with van der Waals surface area (Å²) in [6.45, 7) is 1.75. The topological polar surface area (TPSA) is 30.5 Å². The summed E-state index contributed by atoms with van der Waals surface area (Å²) in [4.78, 5) is 0. The largest absolute Gasteiger partial charge is 0.497 e. The van der Waals surface area contributed by atoms with Crippen LogP contribution in [0.2, 0.25) is 0 Å². The van der Waals surface area contributed by atoms with Crippen molar-refractivity contribution >= 4 is 0 Å². The Morgan fingerprint density at radius 1 is 1.09 bits per heavy atom. The highest BCUT2D eigenvalue weighted by molar-refractivity contribution is 5.40. The molecule has 1 saturated carbocycles. The van der Waals surface area contributed by atoms with Gasteiger partial charge < -0.3 is 14.8 Å². The molecular weight excluding hydrogens is 293 g/mol. The fourth-order valence-electron chi connectivity index (χ4n) is 2.99. The van der Waals surface area contributed by atoms with Crippen LogP contribution in [0.15, 0.2) is 42.5 Å². The minimum absolute atomic E-state index is 0.197. The lowest BCUT2D eigenvalue weighted by Gasteiger charge is -2.09. The zero-order valence-electron chi connectivity index (χ0n) is 13.5. The van der Waals surface area contributed by atoms with Gasteiger partial charge in [-0.15, -0.1) is 0 Å². The Hall–Kier alpha value is -2.07. The van der Waals surface area contributed by atoms with Crippen LogP contribution in [0, 0.1) is 11.7 Å². The minimum atomic E-state index is -0.197. The predicted molar refractivity (Wildman–Crippen MR) is 88.5 cm³/mol. The van der Waals surface area contributed by atoms with Gasteiger partial charge in [0.1, 0.15) is 17.3 Å². The third kappa shape index (κ3) is 3.82. The third-order valence-electron chi connectivity index (χ3n) is 4.41. The van der Waals surface area contributed by atoms with Gasteiger partial charge in [0.05, 0.1) is 14.2 Å². The van der Waals surface area contributed by atoms with Gasteiger partial charge in [-0.25, -0.2) is 4.39 Å². The maximum atomic E-state index is 13.5. The molecule has 0 radical (unpaired) electrons. The first-order chi connectivity index (χ1) is 11.2. The Balaban J connectivity index is 1.50. The number of rotatable bonds is 7. The van der Waals surface area contributed by atoms with E-state index in [2.05, 4.69) is 17.4 Å². The Bertz CT molecular complexity index is 657. The summed E-state index contributed by atoms with van der Waals surface area (Å²) in [5, 5.41) is 3.48. The standard InChI is InChI=1S/C19H22FNO2/c1-22-16-6-3-13(4-7-16)11-21-12-14-9-17(14)18-10-15(20)5-8-19(18)23-2/h3-8,10,14,17,21H,9,11-12H2,1-2H3/t14-,17+/m0/s1. The van der Waals surface area contributed by atoms with Crippen LogP contribution >= 0.6 is 0 Å². The van der Waals surface area contributed by atoms with E-state index in [9.17, 15) is 4.39 Å². The molecule has 1 fully saturated rings. The zero-order chi connectivity index (χ0) is 16.2. The van der Waals surface area contributed by atoms with Gasteiger partial charge >= 0.3 is 0 Å². The number of hydrogen-bond acceptors (Lipinski definition) is 3. The second-order valence-electron chi connectivity index (χ2n) is 5.97. The number of benzene rings is 2. The van der Waals surface area contributed by atoms with Crippen molar-refractivity contribution in [3.05, 3.63) is 59.4 Å². The zero-order valence-corrected chi connectivity index (χ0v) is 13.5. The van der Waals surface area contributed by atoms with E-state index in [-0.39, 0.29) is 5.82 Å². The van der Waals surface area contributed by atoms with Crippen LogP contribution < -0.4 is 14.8 Å². The molecule has 4 heteroatoms. The van der Waals surface area contributed by atoms with Crippen LogP contribution in [0.25, 0.3) is 0 Å². The molecule has 1 N–H and O–H groups in total. The summed E-state index contributed by atoms with van der Waals surface area (Å²) < 4.78 is 24.0. The van der Waals surface area contributed by atoms with Crippen molar-refractivity contribution in [1.82, 2.24) is 5.32 Å². The molecule has 2 aromatic carbocycles. The highest BCUT2D eigenvalue weighted by atomic mass is 19.1. The average molecular weight is 315 g/mol. The molecule has 0 spiro atoms. The van der Waals surface area contributed by atoms with Crippen molar-refractivity contribution in [3.63, 3.8) is 0 Å². The molecule has 0 saturated heterocycles. The number of hydrogen-bond donors (Lipinski definition) is 1. The minimum Gasteiger partial charge on any atom is -0.497 e. The van der Waals surface area contributed by atoms with Crippen molar-refractivity contribution < 1.29 is 13.9 Å². The lowest BCUT2D eigenvalue weighted by Crippen LogP contribution is -2.16. The second-order valence-corrected chi connectivity index (χ2v) is 5.97. The summed E-state index contributed by atoms with van der Waals surface area (Å²) in [5.74, 6) is 2.40. The number of methoxy groups -OCH3 is 2. The summed E-state index contributed by atoms with van der Waals surface area (Å²) in [7, 11) is 3.30. The molecule has 122 valence electrons. The molecule has 3 rings (SSSR count). The molecule has 0 amide bonds. The SMILES string of the molecule is COc1ccc(CNC[C@@H]2C[C@H]2c2cc(F)ccc2OC)cc1. The number of nitrogens with one attached hydrogen (secondary N) is 1. The summed E-state index contributed by atoms with van der Waals surface area (Å²) in [5.41, 5.74) is 2.22. The lowest BCUT2D eigenvalue weighted by molar-refractivity contribution is 0.407. The van der Waals surface area contributed by atoms with Crippen molar-refractivity contribution in [2.24, 2.45) is 5.92 Å². The lowest BCUT2D eigenvalue weighted by atomic mass is 10.1. The van der Waals surface area contributed by atoms with Crippen molar-refractivity contribution in [2.75, 3.05) is 20.8 Å². The Labute approximate surface area is 136 Å². The molecule has 0 heterocycles. The van der Waals surface area contributed by atoms with E-state index < -0.39 is 0 Å². The van der Waals surface area contributed by atoms with Gasteiger partial charge in [0.15, 0.2) is 0 Å². The smallest absolute Gasteiger partial charge is 0.123 e. The highest BCUT2D eigenvalue weighted by Gasteiger charge is 2.39. The first kappa shape index (κ1) is 15.8. The van der Waals surface area contributed by atoms with E-state index in [1.54, 1.807) is 26.4 Å². The van der Waals surface area contributed by atoms with E-state index in [4.69, 9.17) is 9.47 Å². The molecular formula is C19H22FNO2. The summed E-state index contributed by atoms with van der Waals surface area (Å²) in [6, 6.07) is 12.8. The Morgan fingerprint density at radius 3 is 2.57 bits per heavy atom. The predicted octanol–water partition coefficient (Wildman–Crippen LogP) is 3.74. The van der Waals surface area contributed by atoms with E-state index >= 15 is 0 Å². The van der Waals surface area contributed by atoms with Crippen molar-refractivity contribution in [2.45, 2.75) is 18.9 Å². The highest BCUT2D eigenvalue weighted by Crippen LogP contribution is 2.50. The van der Waals surface area contributed by atoms with Crippen molar-refractivity contribution in [3.8, 4) is 11.5 Å². The van der Waals surface area contributed by atoms with Crippen LogP contribution in [0.1, 0.15) is 23.5 Å². The van der Waals surface area contributed by atoms with E-state index in [0.717, 1.165) is 36.6 Å². The molecule has 0 aromatic heterocycles. The van der Waals surface area contributed by atoms with Crippen LogP contribution in [-0.4, -0.2) is 20.8 Å². The van der Waals surface area contributed by atoms with Gasteiger partial charge in [0.2, 0.25) is 0 Å². The van der Waals surface area contributed by atoms with Crippen LogP contribution in [-0.2, 0) is 6.54 Å². The van der Waals surface area contributed by atoms with E-state index in [0.29, 0.717) is 11.8 Å². The van der Waals surface area contributed by atoms with Crippen LogP contribution in [0.5, 0.6) is 11.5 Å². The van der Waals surface area contributed by atoms with Crippen LogP contribution in [0.3, 0.4) is 0 Å². The van der Waals surface area contributed by atoms with E-state index in [1.807, 2.05) is 12.1 Å². The molecule has 0 aliphatic heterocycles. The molecule has 23 heavy (non-hydrogen) atoms. The molecule has 3 nitrogen and oxygen atoms in total. The molecule has 2 atom stereocenters. The molecule has 0 bridgehead atoms. The second kappa shape index (κ2) is 7.01. The van der Waals surface area contributed by atoms with Gasteiger partial charge in [-0.1, -0.05) is 12.1 Å². The number of halogens is 1. The maximum absolute atomic E-state index is 13.5.